The van der Waals surface area contributed by atoms with E-state index in [1.807, 2.05) is 0 Å². The van der Waals surface area contributed by atoms with Gasteiger partial charge in [0.25, 0.3) is 0 Å². The summed E-state index contributed by atoms with van der Waals surface area (Å²) in [7, 11) is 1.67. The fourth-order valence-corrected chi connectivity index (χ4v) is 1.73. The molecule has 3 nitrogen and oxygen atoms in total. The van der Waals surface area contributed by atoms with E-state index in [0.717, 1.165) is 5.56 Å². The molecular weight excluding hydrogens is 233 g/mol. The lowest BCUT2D eigenvalue weighted by Gasteiger charge is -2.18. The average molecular weight is 246 g/mol. The van der Waals surface area contributed by atoms with Gasteiger partial charge >= 0.3 is 5.97 Å². The molecule has 0 aliphatic carbocycles. The van der Waals surface area contributed by atoms with Gasteiger partial charge in [-0.25, -0.2) is 4.39 Å². The first-order valence-corrected chi connectivity index (χ1v) is 5.22. The van der Waals surface area contributed by atoms with E-state index in [-0.39, 0.29) is 17.7 Å². The number of rotatable bonds is 5. The summed E-state index contributed by atoms with van der Waals surface area (Å²) in [5, 5.41) is 8.23. The zero-order valence-corrected chi connectivity index (χ0v) is 9.62. The highest BCUT2D eigenvalue weighted by atomic mass is 35.5. The van der Waals surface area contributed by atoms with Crippen molar-refractivity contribution in [3.63, 3.8) is 0 Å². The van der Waals surface area contributed by atoms with Crippen molar-refractivity contribution in [3.05, 3.63) is 35.6 Å². The van der Waals surface area contributed by atoms with Crippen LogP contribution < -0.4 is 0 Å². The third-order valence-corrected chi connectivity index (χ3v) is 2.50. The highest BCUT2D eigenvalue weighted by Gasteiger charge is 2.12. The lowest BCUT2D eigenvalue weighted by molar-refractivity contribution is -0.137. The quantitative estimate of drug-likeness (QED) is 0.808. The van der Waals surface area contributed by atoms with Crippen molar-refractivity contribution in [1.82, 2.24) is 4.90 Å². The van der Waals surface area contributed by atoms with E-state index in [2.05, 4.69) is 0 Å². The Bertz CT molecular complexity index is 356. The number of alkyl halides is 1. The van der Waals surface area contributed by atoms with Crippen molar-refractivity contribution >= 4 is 17.6 Å². The largest absolute Gasteiger partial charge is 0.480 e. The normalized spacial score (nSPS) is 12.8. The van der Waals surface area contributed by atoms with Crippen LogP contribution in [0.3, 0.4) is 0 Å². The van der Waals surface area contributed by atoms with Gasteiger partial charge in [-0.2, -0.15) is 0 Å². The monoisotopic (exact) mass is 245 g/mol. The van der Waals surface area contributed by atoms with Crippen LogP contribution in [0.25, 0.3) is 0 Å². The Morgan fingerprint density at radius 3 is 2.56 bits per heavy atom. The minimum atomic E-state index is -0.898. The molecule has 0 bridgehead atoms. The minimum absolute atomic E-state index is 0.0651. The smallest absolute Gasteiger partial charge is 0.317 e. The fourth-order valence-electron chi connectivity index (χ4n) is 1.35. The third kappa shape index (κ3) is 4.16. The van der Waals surface area contributed by atoms with Crippen LogP contribution in [0.4, 0.5) is 4.39 Å². The van der Waals surface area contributed by atoms with Gasteiger partial charge in [-0.3, -0.25) is 9.69 Å². The van der Waals surface area contributed by atoms with Crippen LogP contribution in [-0.2, 0) is 4.79 Å². The molecule has 0 aliphatic heterocycles. The zero-order chi connectivity index (χ0) is 12.1. The first-order valence-electron chi connectivity index (χ1n) is 4.79. The number of halogens is 2. The summed E-state index contributed by atoms with van der Waals surface area (Å²) in [6.45, 7) is 0.337. The molecule has 1 unspecified atom stereocenters. The van der Waals surface area contributed by atoms with Gasteiger partial charge in [-0.15, -0.1) is 11.6 Å². The lowest BCUT2D eigenvalue weighted by Crippen LogP contribution is -2.28. The van der Waals surface area contributed by atoms with Crippen LogP contribution in [-0.4, -0.2) is 36.1 Å². The molecule has 0 radical (unpaired) electrons. The molecule has 0 aromatic heterocycles. The Balaban J connectivity index is 2.54. The van der Waals surface area contributed by atoms with Gasteiger partial charge in [0, 0.05) is 6.54 Å². The summed E-state index contributed by atoms with van der Waals surface area (Å²) in [6.07, 6.45) is 0. The van der Waals surface area contributed by atoms with Gasteiger partial charge in [0.05, 0.1) is 11.9 Å². The van der Waals surface area contributed by atoms with Crippen molar-refractivity contribution in [2.75, 3.05) is 20.1 Å². The summed E-state index contributed by atoms with van der Waals surface area (Å²) in [5.41, 5.74) is 0.778. The second-order valence-corrected chi connectivity index (χ2v) is 4.14. The van der Waals surface area contributed by atoms with E-state index in [1.54, 1.807) is 24.1 Å². The maximum atomic E-state index is 12.7. The van der Waals surface area contributed by atoms with Crippen molar-refractivity contribution in [3.8, 4) is 0 Å². The van der Waals surface area contributed by atoms with Gasteiger partial charge < -0.3 is 5.11 Å². The van der Waals surface area contributed by atoms with Crippen LogP contribution >= 0.6 is 11.6 Å². The van der Waals surface area contributed by atoms with Crippen molar-refractivity contribution in [2.45, 2.75) is 5.38 Å². The molecule has 1 aromatic rings. The minimum Gasteiger partial charge on any atom is -0.480 e. The number of carboxylic acids is 1. The average Bonchev–Trinajstić information content (AvgIpc) is 2.16. The number of carboxylic acid groups (broad SMARTS) is 1. The first-order chi connectivity index (χ1) is 7.49. The predicted molar refractivity (Wildman–Crippen MR) is 60.1 cm³/mol. The summed E-state index contributed by atoms with van der Waals surface area (Å²) in [6, 6.07) is 5.87. The summed E-state index contributed by atoms with van der Waals surface area (Å²) >= 11 is 6.08. The van der Waals surface area contributed by atoms with Crippen molar-refractivity contribution in [1.29, 1.82) is 0 Å². The Hall–Kier alpha value is -1.13. The van der Waals surface area contributed by atoms with E-state index in [1.165, 1.54) is 12.1 Å². The molecule has 1 N–H and O–H groups in total. The van der Waals surface area contributed by atoms with Gasteiger partial charge in [-0.1, -0.05) is 12.1 Å². The molecule has 88 valence electrons. The fraction of sp³-hybridized carbons (Fsp3) is 0.364. The second-order valence-electron chi connectivity index (χ2n) is 3.61. The highest BCUT2D eigenvalue weighted by molar-refractivity contribution is 6.21. The molecule has 0 heterocycles. The number of aliphatic carboxylic acids is 1. The maximum absolute atomic E-state index is 12.7. The maximum Gasteiger partial charge on any atom is 0.317 e. The van der Waals surface area contributed by atoms with E-state index >= 15 is 0 Å². The van der Waals surface area contributed by atoms with Crippen LogP contribution in [0.1, 0.15) is 10.9 Å². The van der Waals surface area contributed by atoms with Crippen LogP contribution in [0.5, 0.6) is 0 Å². The van der Waals surface area contributed by atoms with Crippen LogP contribution in [0.2, 0.25) is 0 Å². The van der Waals surface area contributed by atoms with Crippen LogP contribution in [0, 0.1) is 5.82 Å². The van der Waals surface area contributed by atoms with E-state index < -0.39 is 5.97 Å². The first kappa shape index (κ1) is 12.9. The molecular formula is C11H13ClFNO2. The van der Waals surface area contributed by atoms with E-state index in [4.69, 9.17) is 16.7 Å². The number of nitrogens with zero attached hydrogens (tertiary/aromatic N) is 1. The molecule has 0 fully saturated rings. The van der Waals surface area contributed by atoms with E-state index in [9.17, 15) is 9.18 Å². The Labute approximate surface area is 98.4 Å². The SMILES string of the molecule is CN(CC(=O)O)CC(Cl)c1ccc(F)cc1. The Morgan fingerprint density at radius 2 is 2.06 bits per heavy atom. The topological polar surface area (TPSA) is 40.5 Å². The molecule has 16 heavy (non-hydrogen) atoms. The third-order valence-electron chi connectivity index (χ3n) is 2.11. The summed E-state index contributed by atoms with van der Waals surface area (Å²) in [4.78, 5) is 12.0. The predicted octanol–water partition coefficient (Wildman–Crippen LogP) is 2.12. The Morgan fingerprint density at radius 1 is 1.50 bits per heavy atom. The molecule has 5 heteroatoms. The molecule has 1 aromatic carbocycles. The summed E-state index contributed by atoms with van der Waals surface area (Å²) < 4.78 is 12.7. The highest BCUT2D eigenvalue weighted by Crippen LogP contribution is 2.21. The van der Waals surface area contributed by atoms with Gasteiger partial charge in [-0.05, 0) is 24.7 Å². The Kier molecular flexibility index (Phi) is 4.71. The summed E-state index contributed by atoms with van der Waals surface area (Å²) in [5.74, 6) is -1.21. The van der Waals surface area contributed by atoms with Gasteiger partial charge in [0.1, 0.15) is 5.82 Å². The standard InChI is InChI=1S/C11H13ClFNO2/c1-14(7-11(15)16)6-10(12)8-2-4-9(13)5-3-8/h2-5,10H,6-7H2,1H3,(H,15,16). The molecule has 0 saturated carbocycles. The number of hydrogen-bond donors (Lipinski definition) is 1. The van der Waals surface area contributed by atoms with Crippen LogP contribution in [0.15, 0.2) is 24.3 Å². The zero-order valence-electron chi connectivity index (χ0n) is 8.86. The van der Waals surface area contributed by atoms with Crippen molar-refractivity contribution < 1.29 is 14.3 Å². The molecule has 0 spiro atoms. The lowest BCUT2D eigenvalue weighted by atomic mass is 10.1. The number of carbonyl (C=O) groups is 1. The van der Waals surface area contributed by atoms with Gasteiger partial charge in [0.15, 0.2) is 0 Å². The molecule has 0 saturated heterocycles. The number of benzene rings is 1. The molecule has 1 atom stereocenters. The number of likely N-dealkylation sites (N-methyl/N-ethyl adjacent to an activating group) is 1. The second kappa shape index (κ2) is 5.82. The van der Waals surface area contributed by atoms with Crippen molar-refractivity contribution in [2.24, 2.45) is 0 Å². The number of hydrogen-bond acceptors (Lipinski definition) is 2. The molecule has 0 aliphatic rings. The van der Waals surface area contributed by atoms with E-state index in [0.29, 0.717) is 6.54 Å². The molecule has 0 amide bonds. The van der Waals surface area contributed by atoms with Gasteiger partial charge in [0.2, 0.25) is 0 Å². The molecule has 1 rings (SSSR count).